The lowest BCUT2D eigenvalue weighted by atomic mass is 9.78. The first kappa shape index (κ1) is 16.8. The second-order valence-corrected chi connectivity index (χ2v) is 7.79. The molecule has 25 heavy (non-hydrogen) atoms. The van der Waals surface area contributed by atoms with Gasteiger partial charge in [0.2, 0.25) is 0 Å². The Hall–Kier alpha value is -1.63. The minimum absolute atomic E-state index is 0.339. The fourth-order valence-corrected chi connectivity index (χ4v) is 3.36. The van der Waals surface area contributed by atoms with Gasteiger partial charge < -0.3 is 18.9 Å². The second kappa shape index (κ2) is 5.97. The Morgan fingerprint density at radius 3 is 2.36 bits per heavy atom. The first-order valence-electron chi connectivity index (χ1n) is 8.94. The molecule has 0 N–H and O–H groups in total. The van der Waals surface area contributed by atoms with Crippen LogP contribution in [0.3, 0.4) is 0 Å². The van der Waals surface area contributed by atoms with E-state index in [-0.39, 0.29) is 18.3 Å². The van der Waals surface area contributed by atoms with Gasteiger partial charge in [0, 0.05) is 30.4 Å². The Kier molecular flexibility index (Phi) is 4.02. The van der Waals surface area contributed by atoms with Crippen molar-refractivity contribution >= 4 is 29.2 Å². The summed E-state index contributed by atoms with van der Waals surface area (Å²) in [6, 6.07) is 8.36. The van der Waals surface area contributed by atoms with Crippen LogP contribution in [0.2, 0.25) is 0 Å². The average Bonchev–Trinajstić information content (AvgIpc) is 2.82. The molecule has 2 aromatic rings. The molecule has 132 valence electrons. The Morgan fingerprint density at radius 2 is 1.68 bits per heavy atom. The number of ether oxygens (including phenoxy) is 1. The Bertz CT molecular complexity index is 771. The quantitative estimate of drug-likeness (QED) is 0.786. The molecule has 1 aromatic heterocycles. The van der Waals surface area contributed by atoms with Gasteiger partial charge in [-0.2, -0.15) is 0 Å². The molecule has 5 nitrogen and oxygen atoms in total. The summed E-state index contributed by atoms with van der Waals surface area (Å²) in [5, 5.41) is 1.14. The summed E-state index contributed by atoms with van der Waals surface area (Å²) < 4.78 is 17.9. The van der Waals surface area contributed by atoms with Gasteiger partial charge in [-0.1, -0.05) is 12.1 Å². The van der Waals surface area contributed by atoms with Gasteiger partial charge in [0.05, 0.1) is 29.9 Å². The van der Waals surface area contributed by atoms with E-state index in [1.54, 1.807) is 0 Å². The van der Waals surface area contributed by atoms with E-state index in [0.29, 0.717) is 0 Å². The number of nitrogens with zero attached hydrogens (tertiary/aromatic N) is 2. The van der Waals surface area contributed by atoms with Crippen molar-refractivity contribution in [2.45, 2.75) is 38.9 Å². The van der Waals surface area contributed by atoms with Gasteiger partial charge in [-0.3, -0.25) is 4.98 Å². The van der Waals surface area contributed by atoms with Crippen molar-refractivity contribution in [1.29, 1.82) is 0 Å². The van der Waals surface area contributed by atoms with Crippen LogP contribution in [0.15, 0.2) is 30.5 Å². The third-order valence-corrected chi connectivity index (χ3v) is 5.62. The monoisotopic (exact) mass is 340 g/mol. The normalized spacial score (nSPS) is 22.6. The molecule has 2 saturated heterocycles. The molecule has 6 heteroatoms. The number of hydrogen-bond acceptors (Lipinski definition) is 5. The van der Waals surface area contributed by atoms with Crippen molar-refractivity contribution in [3.63, 3.8) is 0 Å². The molecule has 0 aliphatic carbocycles. The molecule has 0 atom stereocenters. The number of rotatable bonds is 2. The molecule has 0 radical (unpaired) electrons. The third kappa shape index (κ3) is 2.92. The fraction of sp³-hybridized carbons (Fsp3) is 0.526. The summed E-state index contributed by atoms with van der Waals surface area (Å²) >= 11 is 0. The summed E-state index contributed by atoms with van der Waals surface area (Å²) in [5.74, 6) is 0. The molecule has 2 aliphatic rings. The van der Waals surface area contributed by atoms with E-state index in [2.05, 4.69) is 61.8 Å². The van der Waals surface area contributed by atoms with Crippen LogP contribution in [0.4, 0.5) is 5.69 Å². The van der Waals surface area contributed by atoms with Crippen LogP contribution in [0.1, 0.15) is 27.7 Å². The van der Waals surface area contributed by atoms with Crippen LogP contribution in [0, 0.1) is 0 Å². The summed E-state index contributed by atoms with van der Waals surface area (Å²) in [6.45, 7) is 11.6. The zero-order chi connectivity index (χ0) is 17.7. The van der Waals surface area contributed by atoms with Gasteiger partial charge in [-0.15, -0.1) is 0 Å². The highest BCUT2D eigenvalue weighted by atomic mass is 16.7. The van der Waals surface area contributed by atoms with E-state index in [1.165, 1.54) is 5.69 Å². The number of morpholine rings is 1. The molecule has 0 unspecified atom stereocenters. The molecule has 4 rings (SSSR count). The lowest BCUT2D eigenvalue weighted by Gasteiger charge is -2.32. The zero-order valence-corrected chi connectivity index (χ0v) is 15.4. The Labute approximate surface area is 149 Å². The minimum Gasteiger partial charge on any atom is -0.399 e. The van der Waals surface area contributed by atoms with Crippen molar-refractivity contribution in [2.75, 3.05) is 31.2 Å². The molecule has 0 saturated carbocycles. The Balaban J connectivity index is 1.72. The molecule has 1 aromatic carbocycles. The van der Waals surface area contributed by atoms with Gasteiger partial charge in [0.15, 0.2) is 0 Å². The summed E-state index contributed by atoms with van der Waals surface area (Å²) in [6.07, 6.45) is 1.88. The van der Waals surface area contributed by atoms with Crippen LogP contribution < -0.4 is 10.4 Å². The fourth-order valence-electron chi connectivity index (χ4n) is 3.36. The summed E-state index contributed by atoms with van der Waals surface area (Å²) in [4.78, 5) is 6.88. The number of anilines is 1. The average molecular weight is 340 g/mol. The van der Waals surface area contributed by atoms with E-state index in [0.717, 1.165) is 42.7 Å². The largest absolute Gasteiger partial charge is 0.494 e. The van der Waals surface area contributed by atoms with E-state index >= 15 is 0 Å². The van der Waals surface area contributed by atoms with E-state index < -0.39 is 0 Å². The highest BCUT2D eigenvalue weighted by Crippen LogP contribution is 2.37. The van der Waals surface area contributed by atoms with Crippen LogP contribution in [0.25, 0.3) is 10.9 Å². The first-order valence-corrected chi connectivity index (χ1v) is 8.94. The molecule has 0 amide bonds. The lowest BCUT2D eigenvalue weighted by molar-refractivity contribution is 0.00578. The number of hydrogen-bond donors (Lipinski definition) is 0. The van der Waals surface area contributed by atoms with Crippen molar-refractivity contribution < 1.29 is 14.0 Å². The Morgan fingerprint density at radius 1 is 1.00 bits per heavy atom. The van der Waals surface area contributed by atoms with Gasteiger partial charge in [0.25, 0.3) is 0 Å². The highest BCUT2D eigenvalue weighted by Gasteiger charge is 2.51. The van der Waals surface area contributed by atoms with E-state index in [4.69, 9.17) is 14.0 Å². The third-order valence-electron chi connectivity index (χ3n) is 5.62. The predicted molar refractivity (Wildman–Crippen MR) is 100 cm³/mol. The number of pyridine rings is 1. The first-order chi connectivity index (χ1) is 11.9. The van der Waals surface area contributed by atoms with Crippen molar-refractivity contribution in [1.82, 2.24) is 4.98 Å². The molecular weight excluding hydrogens is 315 g/mol. The van der Waals surface area contributed by atoms with Gasteiger partial charge >= 0.3 is 7.12 Å². The number of aromatic nitrogens is 1. The predicted octanol–water partition coefficient (Wildman–Crippen LogP) is 2.37. The van der Waals surface area contributed by atoms with Crippen molar-refractivity contribution in [3.8, 4) is 0 Å². The van der Waals surface area contributed by atoms with Crippen molar-refractivity contribution in [3.05, 3.63) is 30.5 Å². The number of benzene rings is 1. The minimum atomic E-state index is -0.354. The maximum absolute atomic E-state index is 6.21. The molecule has 2 aliphatic heterocycles. The standard InChI is InChI=1S/C19H25BN2O3/c1-18(2)19(3,4)25-20(24-18)14-5-6-16-15(13-14)17(7-8-21-16)22-9-11-23-12-10-22/h5-8,13H,9-12H2,1-4H3. The van der Waals surface area contributed by atoms with E-state index in [9.17, 15) is 0 Å². The maximum atomic E-state index is 6.21. The van der Waals surface area contributed by atoms with Gasteiger partial charge in [-0.25, -0.2) is 0 Å². The van der Waals surface area contributed by atoms with Crippen LogP contribution in [-0.2, 0) is 14.0 Å². The van der Waals surface area contributed by atoms with E-state index in [1.807, 2.05) is 6.20 Å². The van der Waals surface area contributed by atoms with Crippen molar-refractivity contribution in [2.24, 2.45) is 0 Å². The molecule has 0 spiro atoms. The molecule has 0 bridgehead atoms. The summed E-state index contributed by atoms with van der Waals surface area (Å²) in [5.41, 5.74) is 2.55. The smallest absolute Gasteiger partial charge is 0.399 e. The molecular formula is C19H25BN2O3. The highest BCUT2D eigenvalue weighted by molar-refractivity contribution is 6.62. The number of fused-ring (bicyclic) bond motifs is 1. The topological polar surface area (TPSA) is 43.8 Å². The van der Waals surface area contributed by atoms with Crippen LogP contribution in [-0.4, -0.2) is 49.6 Å². The molecule has 3 heterocycles. The zero-order valence-electron chi connectivity index (χ0n) is 15.4. The van der Waals surface area contributed by atoms with Gasteiger partial charge in [0.1, 0.15) is 0 Å². The van der Waals surface area contributed by atoms with Crippen LogP contribution >= 0.6 is 0 Å². The summed E-state index contributed by atoms with van der Waals surface area (Å²) in [7, 11) is -0.354. The van der Waals surface area contributed by atoms with Gasteiger partial charge in [-0.05, 0) is 45.3 Å². The van der Waals surface area contributed by atoms with Crippen LogP contribution in [0.5, 0.6) is 0 Å². The molecule has 2 fully saturated rings. The second-order valence-electron chi connectivity index (χ2n) is 7.79. The maximum Gasteiger partial charge on any atom is 0.494 e. The SMILES string of the molecule is CC1(C)OB(c2ccc3nccc(N4CCOCC4)c3c2)OC1(C)C. The lowest BCUT2D eigenvalue weighted by Crippen LogP contribution is -2.41.